The Morgan fingerprint density at radius 1 is 1.07 bits per heavy atom. The minimum atomic E-state index is -0.447. The Labute approximate surface area is 163 Å². The first-order chi connectivity index (χ1) is 12.6. The van der Waals surface area contributed by atoms with Crippen LogP contribution in [-0.2, 0) is 18.8 Å². The van der Waals surface area contributed by atoms with E-state index < -0.39 is 18.3 Å². The Balaban J connectivity index is 2.24. The lowest BCUT2D eigenvalue weighted by Crippen LogP contribution is -2.41. The van der Waals surface area contributed by atoms with Gasteiger partial charge in [-0.25, -0.2) is 0 Å². The zero-order valence-corrected chi connectivity index (χ0v) is 17.2. The van der Waals surface area contributed by atoms with Crippen molar-refractivity contribution >= 4 is 13.1 Å². The van der Waals surface area contributed by atoms with Crippen LogP contribution in [0.2, 0.25) is 0 Å². The molecule has 0 aliphatic carbocycles. The van der Waals surface area contributed by atoms with Crippen LogP contribution in [0, 0.1) is 11.8 Å². The van der Waals surface area contributed by atoms with Crippen molar-refractivity contribution in [3.05, 3.63) is 46.9 Å². The molecule has 0 amide bonds. The van der Waals surface area contributed by atoms with E-state index in [4.69, 9.17) is 14.0 Å². The maximum Gasteiger partial charge on any atom is 0.491 e. The number of rotatable bonds is 5. The summed E-state index contributed by atoms with van der Waals surface area (Å²) >= 11 is 0. The van der Waals surface area contributed by atoms with Crippen LogP contribution in [0.3, 0.4) is 0 Å². The van der Waals surface area contributed by atoms with E-state index in [0.29, 0.717) is 19.4 Å². The average molecular weight is 368 g/mol. The van der Waals surface area contributed by atoms with Crippen LogP contribution in [0.5, 0.6) is 0 Å². The summed E-state index contributed by atoms with van der Waals surface area (Å²) in [6, 6.07) is 9.87. The lowest BCUT2D eigenvalue weighted by molar-refractivity contribution is -0.141. The molecule has 1 heterocycles. The van der Waals surface area contributed by atoms with E-state index in [9.17, 15) is 4.79 Å². The van der Waals surface area contributed by atoms with Crippen LogP contribution in [0.4, 0.5) is 0 Å². The fourth-order valence-electron chi connectivity index (χ4n) is 2.71. The minimum Gasteiger partial charge on any atom is -0.466 e. The molecular formula is C22H29BO4. The van der Waals surface area contributed by atoms with E-state index >= 15 is 0 Å². The third-order valence-corrected chi connectivity index (χ3v) is 5.08. The van der Waals surface area contributed by atoms with Gasteiger partial charge in [0.15, 0.2) is 0 Å². The molecule has 0 saturated carbocycles. The van der Waals surface area contributed by atoms with Crippen LogP contribution < -0.4 is 0 Å². The highest BCUT2D eigenvalue weighted by Gasteiger charge is 2.52. The summed E-state index contributed by atoms with van der Waals surface area (Å²) in [5.41, 5.74) is 2.08. The summed E-state index contributed by atoms with van der Waals surface area (Å²) in [4.78, 5) is 11.0. The second kappa shape index (κ2) is 8.78. The number of carbonyl (C=O) groups excluding carboxylic acids is 1. The van der Waals surface area contributed by atoms with Gasteiger partial charge in [0.2, 0.25) is 0 Å². The second-order valence-electron chi connectivity index (χ2n) is 7.80. The van der Waals surface area contributed by atoms with E-state index in [1.54, 1.807) is 0 Å². The van der Waals surface area contributed by atoms with Gasteiger partial charge in [0, 0.05) is 12.5 Å². The van der Waals surface area contributed by atoms with Crippen molar-refractivity contribution in [2.24, 2.45) is 0 Å². The highest BCUT2D eigenvalue weighted by molar-refractivity contribution is 6.55. The number of allylic oxidation sites excluding steroid dienone is 2. The van der Waals surface area contributed by atoms with Gasteiger partial charge in [0.25, 0.3) is 0 Å². The first-order valence-corrected chi connectivity index (χ1v) is 9.38. The van der Waals surface area contributed by atoms with Gasteiger partial charge in [-0.15, -0.1) is 0 Å². The molecule has 1 aromatic rings. The molecule has 1 aromatic carbocycles. The average Bonchev–Trinajstić information content (AvgIpc) is 2.80. The van der Waals surface area contributed by atoms with E-state index in [1.807, 2.05) is 65.0 Å². The van der Waals surface area contributed by atoms with Gasteiger partial charge in [0.05, 0.1) is 17.8 Å². The summed E-state index contributed by atoms with van der Waals surface area (Å²) in [6.45, 7) is 11.9. The number of hydrogen-bond acceptors (Lipinski definition) is 4. The molecule has 4 nitrogen and oxygen atoms in total. The van der Waals surface area contributed by atoms with E-state index in [0.717, 1.165) is 16.6 Å². The minimum absolute atomic E-state index is 0.267. The van der Waals surface area contributed by atoms with Crippen molar-refractivity contribution < 1.29 is 18.8 Å². The summed E-state index contributed by atoms with van der Waals surface area (Å²) in [5.74, 6) is 6.17. The standard InChI is InChI=1S/C22H29BO4/c1-17(14-15-19-11-8-7-9-12-19)20(13-10-16-25-18(2)24)23-26-21(3,4)22(5,6)27-23/h7-9,11-12H,10,13,16H2,1-6H3/b20-17+. The first-order valence-electron chi connectivity index (χ1n) is 9.38. The number of carbonyl (C=O) groups is 1. The van der Waals surface area contributed by atoms with Crippen molar-refractivity contribution in [3.63, 3.8) is 0 Å². The van der Waals surface area contributed by atoms with Gasteiger partial charge in [-0.2, -0.15) is 0 Å². The molecule has 0 radical (unpaired) electrons. The molecule has 0 atom stereocenters. The molecular weight excluding hydrogens is 339 g/mol. The number of esters is 1. The van der Waals surface area contributed by atoms with Crippen LogP contribution in [-0.4, -0.2) is 30.9 Å². The zero-order chi connectivity index (χ0) is 20.1. The molecule has 1 saturated heterocycles. The van der Waals surface area contributed by atoms with Gasteiger partial charge in [-0.3, -0.25) is 4.79 Å². The lowest BCUT2D eigenvalue weighted by Gasteiger charge is -2.32. The number of benzene rings is 1. The molecule has 1 fully saturated rings. The largest absolute Gasteiger partial charge is 0.491 e. The molecule has 0 N–H and O–H groups in total. The lowest BCUT2D eigenvalue weighted by atomic mass is 9.73. The summed E-state index contributed by atoms with van der Waals surface area (Å²) in [6.07, 6.45) is 1.39. The molecule has 5 heteroatoms. The van der Waals surface area contributed by atoms with Gasteiger partial charge < -0.3 is 14.0 Å². The monoisotopic (exact) mass is 368 g/mol. The molecule has 0 bridgehead atoms. The van der Waals surface area contributed by atoms with Gasteiger partial charge >= 0.3 is 13.1 Å². The van der Waals surface area contributed by atoms with Crippen molar-refractivity contribution in [2.45, 2.75) is 65.6 Å². The van der Waals surface area contributed by atoms with E-state index in [2.05, 4.69) is 11.8 Å². The molecule has 1 aliphatic heterocycles. The highest BCUT2D eigenvalue weighted by atomic mass is 16.7. The molecule has 0 unspecified atom stereocenters. The smallest absolute Gasteiger partial charge is 0.466 e. The van der Waals surface area contributed by atoms with E-state index in [1.165, 1.54) is 6.92 Å². The normalized spacial score (nSPS) is 18.4. The molecule has 2 rings (SSSR count). The Kier molecular flexibility index (Phi) is 6.92. The molecule has 144 valence electrons. The fraction of sp³-hybridized carbons (Fsp3) is 0.500. The predicted octanol–water partition coefficient (Wildman–Crippen LogP) is 4.33. The predicted molar refractivity (Wildman–Crippen MR) is 108 cm³/mol. The third-order valence-electron chi connectivity index (χ3n) is 5.08. The van der Waals surface area contributed by atoms with Gasteiger partial charge in [-0.05, 0) is 70.6 Å². The van der Waals surface area contributed by atoms with Gasteiger partial charge in [-0.1, -0.05) is 30.0 Å². The Morgan fingerprint density at radius 2 is 1.67 bits per heavy atom. The topological polar surface area (TPSA) is 44.8 Å². The van der Waals surface area contributed by atoms with Crippen LogP contribution >= 0.6 is 0 Å². The molecule has 0 aromatic heterocycles. The maximum atomic E-state index is 11.0. The van der Waals surface area contributed by atoms with Crippen molar-refractivity contribution in [2.75, 3.05) is 6.61 Å². The fourth-order valence-corrected chi connectivity index (χ4v) is 2.71. The zero-order valence-electron chi connectivity index (χ0n) is 17.2. The quantitative estimate of drug-likeness (QED) is 0.336. The summed E-state index contributed by atoms with van der Waals surface area (Å²) in [5, 5.41) is 0. The van der Waals surface area contributed by atoms with Crippen LogP contribution in [0.1, 0.15) is 59.9 Å². The first kappa shape index (κ1) is 21.3. The van der Waals surface area contributed by atoms with Crippen LogP contribution in [0.25, 0.3) is 0 Å². The Hall–Kier alpha value is -2.03. The molecule has 27 heavy (non-hydrogen) atoms. The van der Waals surface area contributed by atoms with Crippen molar-refractivity contribution in [1.29, 1.82) is 0 Å². The third kappa shape index (κ3) is 5.72. The second-order valence-corrected chi connectivity index (χ2v) is 7.80. The Bertz CT molecular complexity index is 738. The van der Waals surface area contributed by atoms with E-state index in [-0.39, 0.29) is 5.97 Å². The molecule has 1 aliphatic rings. The van der Waals surface area contributed by atoms with Gasteiger partial charge in [0.1, 0.15) is 0 Å². The van der Waals surface area contributed by atoms with Crippen molar-refractivity contribution in [1.82, 2.24) is 0 Å². The SMILES string of the molecule is CC(=O)OCCC/C(B1OC(C)(C)C(C)(C)O1)=C(/C)C#Cc1ccccc1. The summed E-state index contributed by atoms with van der Waals surface area (Å²) in [7, 11) is -0.447. The number of ether oxygens (including phenoxy) is 1. The van der Waals surface area contributed by atoms with Crippen molar-refractivity contribution in [3.8, 4) is 11.8 Å². The molecule has 0 spiro atoms. The maximum absolute atomic E-state index is 11.0. The highest BCUT2D eigenvalue weighted by Crippen LogP contribution is 2.39. The summed E-state index contributed by atoms with van der Waals surface area (Å²) < 4.78 is 17.5. The number of hydrogen-bond donors (Lipinski definition) is 0. The Morgan fingerprint density at radius 3 is 2.22 bits per heavy atom. The van der Waals surface area contributed by atoms with Crippen LogP contribution in [0.15, 0.2) is 41.4 Å².